The van der Waals surface area contributed by atoms with Gasteiger partial charge in [-0.2, -0.15) is 39.5 Å². The van der Waals surface area contributed by atoms with Crippen LogP contribution in [0.1, 0.15) is 64.5 Å². The fraction of sp³-hybridized carbons (Fsp3) is 0.143. The lowest BCUT2D eigenvalue weighted by Gasteiger charge is -2.20. The van der Waals surface area contributed by atoms with E-state index < -0.39 is 149 Å². The number of ether oxygens (including phenoxy) is 3. The molecule has 0 fully saturated rings. The van der Waals surface area contributed by atoms with Crippen LogP contribution in [-0.4, -0.2) is 31.4 Å². The number of hydrogen-bond acceptors (Lipinski definition) is 13. The number of halogens is 12. The first-order chi connectivity index (χ1) is 44.7. The Morgan fingerprint density at radius 3 is 0.863 bits per heavy atom. The van der Waals surface area contributed by atoms with Gasteiger partial charge in [0.2, 0.25) is 0 Å². The van der Waals surface area contributed by atoms with E-state index in [9.17, 15) is 86.0 Å². The number of nitrogens with zero attached hydrogens (tertiary/aromatic N) is 3. The first-order valence-corrected chi connectivity index (χ1v) is 28.7. The zero-order valence-corrected chi connectivity index (χ0v) is 49.7. The molecule has 0 unspecified atom stereocenters. The second kappa shape index (κ2) is 27.8. The average Bonchev–Trinajstić information content (AvgIpc) is 1.09. The van der Waals surface area contributed by atoms with Gasteiger partial charge in [-0.15, -0.1) is 0 Å². The van der Waals surface area contributed by atoms with Crippen LogP contribution in [0.4, 0.5) is 69.7 Å². The van der Waals surface area contributed by atoms with Crippen LogP contribution in [-0.2, 0) is 56.9 Å². The summed E-state index contributed by atoms with van der Waals surface area (Å²) in [6, 6.07) is 21.1. The highest BCUT2D eigenvalue weighted by atomic mass is 31.2. The summed E-state index contributed by atoms with van der Waals surface area (Å²) >= 11 is 0. The summed E-state index contributed by atoms with van der Waals surface area (Å²) in [6.07, 6.45) is -12.0. The summed E-state index contributed by atoms with van der Waals surface area (Å²) in [5, 5.41) is 6.82. The number of phosphoric acid groups is 1. The Labute approximate surface area is 526 Å². The summed E-state index contributed by atoms with van der Waals surface area (Å²) in [5.74, 6) is -6.89. The number of aromatic nitrogens is 3. The normalized spacial score (nSPS) is 11.9. The molecule has 19 nitrogen and oxygen atoms in total. The van der Waals surface area contributed by atoms with Crippen LogP contribution in [0.3, 0.4) is 0 Å². The lowest BCUT2D eigenvalue weighted by molar-refractivity contribution is -0.138. The van der Waals surface area contributed by atoms with Gasteiger partial charge in [-0.05, 0) is 165 Å². The molecule has 0 saturated carbocycles. The first-order valence-electron chi connectivity index (χ1n) is 27.2. The molecule has 95 heavy (non-hydrogen) atoms. The van der Waals surface area contributed by atoms with Crippen molar-refractivity contribution in [1.29, 1.82) is 0 Å². The van der Waals surface area contributed by atoms with Crippen molar-refractivity contribution in [3.05, 3.63) is 263 Å². The molecule has 0 spiro atoms. The minimum absolute atomic E-state index is 0.0202. The zero-order valence-electron chi connectivity index (χ0n) is 48.8. The topological polar surface area (TPSA) is 226 Å². The molecular formula is C63H45F12N6O13P. The molecule has 0 aliphatic carbocycles. The van der Waals surface area contributed by atoms with Gasteiger partial charge >= 0.3 is 26.4 Å². The third-order valence-corrected chi connectivity index (χ3v) is 14.8. The van der Waals surface area contributed by atoms with Crippen molar-refractivity contribution in [3.8, 4) is 34.5 Å². The maximum absolute atomic E-state index is 14.6. The zero-order chi connectivity index (χ0) is 68.9. The van der Waals surface area contributed by atoms with Crippen molar-refractivity contribution < 1.29 is 99.4 Å². The van der Waals surface area contributed by atoms with Crippen molar-refractivity contribution in [1.82, 2.24) is 13.7 Å². The van der Waals surface area contributed by atoms with Crippen LogP contribution < -0.4 is 46.8 Å². The molecule has 0 aliphatic heterocycles. The second-order valence-corrected chi connectivity index (χ2v) is 22.1. The molecule has 494 valence electrons. The third kappa shape index (κ3) is 17.3. The van der Waals surface area contributed by atoms with Crippen LogP contribution in [0.15, 0.2) is 179 Å². The van der Waals surface area contributed by atoms with Gasteiger partial charge in [-0.3, -0.25) is 56.0 Å². The van der Waals surface area contributed by atoms with Gasteiger partial charge in [0.15, 0.2) is 0 Å². The van der Waals surface area contributed by atoms with Crippen molar-refractivity contribution in [2.45, 2.75) is 59.5 Å². The average molecular weight is 1350 g/mol. The number of pyridine rings is 3. The van der Waals surface area contributed by atoms with E-state index in [-0.39, 0.29) is 51.0 Å². The van der Waals surface area contributed by atoms with Gasteiger partial charge < -0.3 is 30.2 Å². The maximum atomic E-state index is 14.6. The third-order valence-electron chi connectivity index (χ3n) is 13.6. The van der Waals surface area contributed by atoms with E-state index in [0.29, 0.717) is 50.1 Å². The molecule has 6 aromatic carbocycles. The van der Waals surface area contributed by atoms with Crippen molar-refractivity contribution in [3.63, 3.8) is 0 Å². The molecule has 0 radical (unpaired) electrons. The summed E-state index contributed by atoms with van der Waals surface area (Å²) in [4.78, 5) is 81.4. The number of alkyl halides is 9. The fourth-order valence-electron chi connectivity index (χ4n) is 8.64. The van der Waals surface area contributed by atoms with E-state index in [1.165, 1.54) is 39.0 Å². The Kier molecular flexibility index (Phi) is 20.1. The largest absolute Gasteiger partial charge is 0.480 e. The van der Waals surface area contributed by atoms with Gasteiger partial charge in [-0.1, -0.05) is 0 Å². The lowest BCUT2D eigenvalue weighted by atomic mass is 10.1. The molecule has 9 aromatic rings. The van der Waals surface area contributed by atoms with Gasteiger partial charge in [0.1, 0.15) is 72.1 Å². The molecule has 0 aliphatic rings. The van der Waals surface area contributed by atoms with Crippen LogP contribution in [0.25, 0.3) is 0 Å². The van der Waals surface area contributed by atoms with Crippen LogP contribution >= 0.6 is 7.82 Å². The number of anilines is 3. The number of carbonyl (C=O) groups excluding carboxylic acids is 3. The summed E-state index contributed by atoms with van der Waals surface area (Å²) in [5.41, 5.74) is -9.29. The molecule has 0 saturated heterocycles. The number of phosphoric ester groups is 1. The van der Waals surface area contributed by atoms with Crippen LogP contribution in [0, 0.1) is 38.2 Å². The molecule has 3 aromatic heterocycles. The Balaban J connectivity index is 0.950. The van der Waals surface area contributed by atoms with Crippen LogP contribution in [0.2, 0.25) is 0 Å². The number of rotatable bonds is 21. The minimum Gasteiger partial charge on any atom is -0.456 e. The van der Waals surface area contributed by atoms with E-state index in [0.717, 1.165) is 110 Å². The Bertz CT molecular complexity index is 4250. The Morgan fingerprint density at radius 1 is 0.379 bits per heavy atom. The standard InChI is InChI=1S/C63H45F12N6O13P/c1-34-22-40(64)7-13-49(34)92-52-10-4-37(61(67,68)69)25-46(52)58(85)76-43-16-19-79(55(82)28-43)31-89-95(88,90-32-80-20-17-44(29-56(80)83)77-59(86)47-26-38(62(70,71)72)5-11-53(47)93-50-14-8-41(65)23-35(50)2)91-33-81-21-18-45(30-57(81)84)78-60(87)48-27-39(63(73,74)75)6-12-54(48)94-51-15-9-42(66)24-36(51)3/h4-30H,31-33H2,1-3H3,(H,76,85)(H,77,86)(H,78,87). The van der Waals surface area contributed by atoms with E-state index in [4.69, 9.17) is 27.8 Å². The number of amides is 3. The molecule has 9 rings (SSSR count). The lowest BCUT2D eigenvalue weighted by Crippen LogP contribution is -2.25. The second-order valence-electron chi connectivity index (χ2n) is 20.4. The van der Waals surface area contributed by atoms with Crippen molar-refractivity contribution in [2.24, 2.45) is 0 Å². The monoisotopic (exact) mass is 1350 g/mol. The van der Waals surface area contributed by atoms with E-state index in [2.05, 4.69) is 16.0 Å². The minimum atomic E-state index is -5.25. The Hall–Kier alpha value is -10.8. The van der Waals surface area contributed by atoms with Crippen molar-refractivity contribution in [2.75, 3.05) is 16.0 Å². The van der Waals surface area contributed by atoms with Gasteiger partial charge in [0.25, 0.3) is 34.4 Å². The van der Waals surface area contributed by atoms with Crippen LogP contribution in [0.5, 0.6) is 34.5 Å². The summed E-state index contributed by atoms with van der Waals surface area (Å²) in [7, 11) is -5.25. The molecule has 3 N–H and O–H groups in total. The first kappa shape index (κ1) is 68.6. The number of benzene rings is 6. The van der Waals surface area contributed by atoms with E-state index in [1.54, 1.807) is 0 Å². The molecule has 32 heteroatoms. The van der Waals surface area contributed by atoms with E-state index in [1.807, 2.05) is 0 Å². The molecule has 0 atom stereocenters. The molecule has 3 amide bonds. The highest BCUT2D eigenvalue weighted by Crippen LogP contribution is 2.50. The fourth-order valence-corrected chi connectivity index (χ4v) is 9.66. The van der Waals surface area contributed by atoms with Crippen molar-refractivity contribution >= 4 is 42.6 Å². The highest BCUT2D eigenvalue weighted by molar-refractivity contribution is 7.48. The molecule has 3 heterocycles. The number of hydrogen-bond donors (Lipinski definition) is 3. The molecule has 0 bridgehead atoms. The van der Waals surface area contributed by atoms with Gasteiger partial charge in [-0.25, -0.2) is 17.7 Å². The molecular weight excluding hydrogens is 1310 g/mol. The number of aryl methyl sites for hydroxylation is 3. The Morgan fingerprint density at radius 2 is 0.632 bits per heavy atom. The predicted molar refractivity (Wildman–Crippen MR) is 315 cm³/mol. The maximum Gasteiger partial charge on any atom is 0.480 e. The summed E-state index contributed by atoms with van der Waals surface area (Å²) in [6.45, 7) is 1.09. The highest BCUT2D eigenvalue weighted by Gasteiger charge is 2.36. The predicted octanol–water partition coefficient (Wildman–Crippen LogP) is 15.1. The van der Waals surface area contributed by atoms with E-state index >= 15 is 0 Å². The SMILES string of the molecule is Cc1cc(F)ccc1Oc1ccc(C(F)(F)F)cc1C(=O)Nc1ccn(COP(=O)(OCn2ccc(NC(=O)c3cc(C(F)(F)F)ccc3Oc3ccc(F)cc3C)cc2=O)OCn2ccc(NC(=O)c3cc(C(F)(F)F)ccc3Oc3ccc(F)cc3C)cc2=O)c(=O)c1. The number of nitrogens with one attached hydrogen (secondary N) is 3. The summed E-state index contributed by atoms with van der Waals surface area (Å²) < 4.78 is 217. The van der Waals surface area contributed by atoms with Gasteiger partial charge in [0, 0.05) is 53.9 Å². The smallest absolute Gasteiger partial charge is 0.456 e. The quantitative estimate of drug-likeness (QED) is 0.0450. The number of carbonyl (C=O) groups is 3. The van der Waals surface area contributed by atoms with Gasteiger partial charge in [0.05, 0.1) is 33.4 Å².